The molecule has 0 saturated heterocycles. The van der Waals surface area contributed by atoms with Crippen LogP contribution in [0.2, 0.25) is 0 Å². The highest BCUT2D eigenvalue weighted by Gasteiger charge is 2.23. The second-order valence-electron chi connectivity index (χ2n) is 6.60. The van der Waals surface area contributed by atoms with Crippen LogP contribution in [0.4, 0.5) is 5.00 Å². The first-order valence-corrected chi connectivity index (χ1v) is 11.2. The molecule has 4 aromatic rings. The molecule has 154 valence electrons. The predicted octanol–water partition coefficient (Wildman–Crippen LogP) is 5.63. The van der Waals surface area contributed by atoms with Crippen LogP contribution in [0.25, 0.3) is 21.5 Å². The van der Waals surface area contributed by atoms with E-state index in [1.807, 2.05) is 41.8 Å². The molecule has 8 heteroatoms. The molecule has 0 atom stereocenters. The van der Waals surface area contributed by atoms with E-state index in [9.17, 15) is 14.9 Å². The third-order valence-corrected chi connectivity index (χ3v) is 6.76. The van der Waals surface area contributed by atoms with E-state index in [0.29, 0.717) is 37.6 Å². The lowest BCUT2D eigenvalue weighted by Crippen LogP contribution is -2.13. The van der Waals surface area contributed by atoms with Crippen LogP contribution in [0.5, 0.6) is 0 Å². The van der Waals surface area contributed by atoms with Gasteiger partial charge in [0.15, 0.2) is 0 Å². The maximum atomic E-state index is 13.3. The number of esters is 1. The number of nitriles is 1. The third-order valence-electron chi connectivity index (χ3n) is 4.68. The summed E-state index contributed by atoms with van der Waals surface area (Å²) in [7, 11) is 0. The number of pyridine rings is 1. The zero-order chi connectivity index (χ0) is 22.0. The molecule has 1 amide bonds. The van der Waals surface area contributed by atoms with Crippen molar-refractivity contribution >= 4 is 50.5 Å². The number of amides is 1. The molecule has 0 saturated carbocycles. The molecule has 31 heavy (non-hydrogen) atoms. The Morgan fingerprint density at radius 2 is 2.03 bits per heavy atom. The quantitative estimate of drug-likeness (QED) is 0.400. The Hall–Kier alpha value is -3.54. The van der Waals surface area contributed by atoms with Crippen LogP contribution in [0, 0.1) is 18.3 Å². The number of aromatic nitrogens is 1. The summed E-state index contributed by atoms with van der Waals surface area (Å²) in [6.07, 6.45) is 0. The van der Waals surface area contributed by atoms with Crippen LogP contribution >= 0.6 is 22.7 Å². The first-order chi connectivity index (χ1) is 15.0. The van der Waals surface area contributed by atoms with Crippen molar-refractivity contribution in [2.75, 3.05) is 11.9 Å². The van der Waals surface area contributed by atoms with Gasteiger partial charge in [-0.15, -0.1) is 22.7 Å². The normalized spacial score (nSPS) is 10.6. The lowest BCUT2D eigenvalue weighted by atomic mass is 10.1. The van der Waals surface area contributed by atoms with Crippen LogP contribution < -0.4 is 5.32 Å². The molecule has 0 bridgehead atoms. The highest BCUT2D eigenvalue weighted by atomic mass is 32.1. The smallest absolute Gasteiger partial charge is 0.348 e. The number of carbonyl (C=O) groups excluding carboxylic acids is 2. The average molecular weight is 448 g/mol. The van der Waals surface area contributed by atoms with Gasteiger partial charge in [-0.1, -0.05) is 24.3 Å². The third kappa shape index (κ3) is 3.93. The number of para-hydroxylation sites is 1. The van der Waals surface area contributed by atoms with Crippen molar-refractivity contribution in [3.8, 4) is 16.6 Å². The molecule has 0 fully saturated rings. The molecule has 6 nitrogen and oxygen atoms in total. The number of ether oxygens (including phenoxy) is 1. The lowest BCUT2D eigenvalue weighted by Gasteiger charge is -2.09. The summed E-state index contributed by atoms with van der Waals surface area (Å²) in [4.78, 5) is 31.4. The molecule has 0 unspecified atom stereocenters. The Morgan fingerprint density at radius 3 is 2.74 bits per heavy atom. The summed E-state index contributed by atoms with van der Waals surface area (Å²) in [5.74, 6) is -0.874. The summed E-state index contributed by atoms with van der Waals surface area (Å²) in [5.41, 5.74) is 2.61. The molecular formula is C23H17N3O3S2. The highest BCUT2D eigenvalue weighted by Crippen LogP contribution is 2.34. The van der Waals surface area contributed by atoms with Gasteiger partial charge >= 0.3 is 5.97 Å². The van der Waals surface area contributed by atoms with Gasteiger partial charge in [-0.2, -0.15) is 5.26 Å². The predicted molar refractivity (Wildman–Crippen MR) is 123 cm³/mol. The standard InChI is InChI=1S/C23H17N3O3S2/c1-3-29-23(28)20-13(2)16(12-24)22(31-20)26-21(27)15-11-18(19-9-6-10-30-19)25-17-8-5-4-7-14(15)17/h4-11H,3H2,1-2H3,(H,26,27). The van der Waals surface area contributed by atoms with Gasteiger partial charge in [-0.3, -0.25) is 4.79 Å². The Bertz CT molecular complexity index is 1330. The molecular weight excluding hydrogens is 430 g/mol. The first kappa shape index (κ1) is 20.7. The zero-order valence-electron chi connectivity index (χ0n) is 16.8. The van der Waals surface area contributed by atoms with E-state index in [-0.39, 0.29) is 18.1 Å². The van der Waals surface area contributed by atoms with Gasteiger partial charge < -0.3 is 10.1 Å². The number of benzene rings is 1. The number of nitrogens with zero attached hydrogens (tertiary/aromatic N) is 2. The molecule has 0 spiro atoms. The van der Waals surface area contributed by atoms with Gasteiger partial charge in [0.25, 0.3) is 5.91 Å². The minimum atomic E-state index is -0.503. The maximum Gasteiger partial charge on any atom is 0.348 e. The van der Waals surface area contributed by atoms with Crippen LogP contribution in [-0.2, 0) is 4.74 Å². The van der Waals surface area contributed by atoms with Gasteiger partial charge in [-0.05, 0) is 43.0 Å². The summed E-state index contributed by atoms with van der Waals surface area (Å²) in [6, 6.07) is 15.1. The van der Waals surface area contributed by atoms with Crippen LogP contribution in [0.15, 0.2) is 47.8 Å². The zero-order valence-corrected chi connectivity index (χ0v) is 18.4. The first-order valence-electron chi connectivity index (χ1n) is 9.49. The number of carbonyl (C=O) groups is 2. The number of hydrogen-bond donors (Lipinski definition) is 1. The topological polar surface area (TPSA) is 92.1 Å². The molecule has 0 aliphatic carbocycles. The molecule has 0 aliphatic heterocycles. The maximum absolute atomic E-state index is 13.3. The van der Waals surface area contributed by atoms with E-state index in [1.54, 1.807) is 31.3 Å². The summed E-state index contributed by atoms with van der Waals surface area (Å²) < 4.78 is 5.07. The minimum Gasteiger partial charge on any atom is -0.462 e. The van der Waals surface area contributed by atoms with Crippen molar-refractivity contribution in [2.45, 2.75) is 13.8 Å². The monoisotopic (exact) mass is 447 g/mol. The van der Waals surface area contributed by atoms with Crippen LogP contribution in [0.3, 0.4) is 0 Å². The van der Waals surface area contributed by atoms with Gasteiger partial charge in [0.05, 0.1) is 33.8 Å². The number of rotatable bonds is 5. The van der Waals surface area contributed by atoms with Gasteiger partial charge in [0, 0.05) is 5.39 Å². The molecule has 3 aromatic heterocycles. The molecule has 0 aliphatic rings. The van der Waals surface area contributed by atoms with E-state index < -0.39 is 5.97 Å². The average Bonchev–Trinajstić information content (AvgIpc) is 3.41. The number of thiophene rings is 2. The summed E-state index contributed by atoms with van der Waals surface area (Å²) in [5, 5.41) is 15.4. The second-order valence-corrected chi connectivity index (χ2v) is 8.56. The summed E-state index contributed by atoms with van der Waals surface area (Å²) in [6.45, 7) is 3.62. The fourth-order valence-corrected chi connectivity index (χ4v) is 4.94. The van der Waals surface area contributed by atoms with Gasteiger partial charge in [0.1, 0.15) is 15.9 Å². The van der Waals surface area contributed by atoms with Crippen molar-refractivity contribution in [1.29, 1.82) is 5.26 Å². The second kappa shape index (κ2) is 8.68. The Labute approximate surface area is 186 Å². The van der Waals surface area contributed by atoms with Crippen molar-refractivity contribution in [2.24, 2.45) is 0 Å². The molecule has 1 N–H and O–H groups in total. The number of anilines is 1. The largest absolute Gasteiger partial charge is 0.462 e. The van der Waals surface area contributed by atoms with E-state index in [4.69, 9.17) is 4.74 Å². The molecule has 4 rings (SSSR count). The van der Waals surface area contributed by atoms with E-state index in [0.717, 1.165) is 16.2 Å². The fourth-order valence-electron chi connectivity index (χ4n) is 3.21. The number of nitrogens with one attached hydrogen (secondary N) is 1. The van der Waals surface area contributed by atoms with Crippen molar-refractivity contribution in [3.63, 3.8) is 0 Å². The van der Waals surface area contributed by atoms with E-state index in [2.05, 4.69) is 16.4 Å². The van der Waals surface area contributed by atoms with Crippen molar-refractivity contribution in [1.82, 2.24) is 4.98 Å². The number of hydrogen-bond acceptors (Lipinski definition) is 7. The van der Waals surface area contributed by atoms with Gasteiger partial charge in [0.2, 0.25) is 0 Å². The summed E-state index contributed by atoms with van der Waals surface area (Å²) >= 11 is 2.59. The van der Waals surface area contributed by atoms with Crippen LogP contribution in [0.1, 0.15) is 38.1 Å². The molecule has 0 radical (unpaired) electrons. The van der Waals surface area contributed by atoms with Gasteiger partial charge in [-0.25, -0.2) is 9.78 Å². The Balaban J connectivity index is 1.77. The van der Waals surface area contributed by atoms with Crippen LogP contribution in [-0.4, -0.2) is 23.5 Å². The van der Waals surface area contributed by atoms with Crippen molar-refractivity contribution < 1.29 is 14.3 Å². The van der Waals surface area contributed by atoms with Crippen molar-refractivity contribution in [3.05, 3.63) is 69.4 Å². The lowest BCUT2D eigenvalue weighted by molar-refractivity contribution is 0.0531. The minimum absolute atomic E-state index is 0.230. The SMILES string of the molecule is CCOC(=O)c1sc(NC(=O)c2cc(-c3cccs3)nc3ccccc23)c(C#N)c1C. The molecule has 1 aromatic carbocycles. The van der Waals surface area contributed by atoms with E-state index >= 15 is 0 Å². The Kier molecular flexibility index (Phi) is 5.80. The highest BCUT2D eigenvalue weighted by molar-refractivity contribution is 7.18. The molecule has 3 heterocycles. The Morgan fingerprint density at radius 1 is 1.23 bits per heavy atom. The van der Waals surface area contributed by atoms with E-state index in [1.165, 1.54) is 0 Å². The number of fused-ring (bicyclic) bond motifs is 1. The fraction of sp³-hybridized carbons (Fsp3) is 0.130.